The molecule has 0 spiro atoms. The van der Waals surface area contributed by atoms with Crippen LogP contribution >= 0.6 is 24.0 Å². The van der Waals surface area contributed by atoms with E-state index in [1.807, 2.05) is 12.3 Å². The number of piperazine rings is 1. The molecule has 0 unspecified atom stereocenters. The summed E-state index contributed by atoms with van der Waals surface area (Å²) in [6.45, 7) is 4.76. The topological polar surface area (TPSA) is 69.8 Å². The van der Waals surface area contributed by atoms with Gasteiger partial charge in [-0.1, -0.05) is 25.3 Å². The zero-order valence-corrected chi connectivity index (χ0v) is 17.5. The number of hydrogen-bond donors (Lipinski definition) is 2. The van der Waals surface area contributed by atoms with Crippen LogP contribution in [0.15, 0.2) is 23.3 Å². The quantitative estimate of drug-likeness (QED) is 0.411. The zero-order chi connectivity index (χ0) is 16.8. The van der Waals surface area contributed by atoms with Crippen LogP contribution in [0.1, 0.15) is 37.7 Å². The summed E-state index contributed by atoms with van der Waals surface area (Å²) in [6, 6.07) is 4.58. The van der Waals surface area contributed by atoms with E-state index in [9.17, 15) is 0 Å². The normalized spacial score (nSPS) is 20.2. The summed E-state index contributed by atoms with van der Waals surface area (Å²) in [7, 11) is 2.17. The maximum absolute atomic E-state index is 6.10. The number of rotatable bonds is 4. The van der Waals surface area contributed by atoms with E-state index in [4.69, 9.17) is 5.73 Å². The Bertz CT molecular complexity index is 550. The summed E-state index contributed by atoms with van der Waals surface area (Å²) in [4.78, 5) is 13.9. The highest BCUT2D eigenvalue weighted by Gasteiger charge is 2.18. The molecule has 0 radical (unpaired) electrons. The lowest BCUT2D eigenvalue weighted by Crippen LogP contribution is -2.45. The first-order chi connectivity index (χ1) is 11.7. The first-order valence-corrected chi connectivity index (χ1v) is 9.16. The molecule has 3 rings (SSSR count). The fourth-order valence-corrected chi connectivity index (χ4v) is 3.53. The number of aliphatic imine (C=N–C) groups is 1. The molecule has 2 aliphatic rings. The fraction of sp³-hybridized carbons (Fsp3) is 0.667. The van der Waals surface area contributed by atoms with Crippen LogP contribution in [-0.4, -0.2) is 55.1 Å². The summed E-state index contributed by atoms with van der Waals surface area (Å²) >= 11 is 0. The van der Waals surface area contributed by atoms with Gasteiger partial charge in [0.2, 0.25) is 0 Å². The van der Waals surface area contributed by atoms with Crippen molar-refractivity contribution in [3.63, 3.8) is 0 Å². The maximum atomic E-state index is 6.10. The van der Waals surface area contributed by atoms with Gasteiger partial charge in [0.25, 0.3) is 0 Å². The van der Waals surface area contributed by atoms with Crippen LogP contribution in [-0.2, 0) is 6.54 Å². The van der Waals surface area contributed by atoms with Gasteiger partial charge in [-0.25, -0.2) is 9.98 Å². The lowest BCUT2D eigenvalue weighted by atomic mass is 9.96. The minimum Gasteiger partial charge on any atom is -0.370 e. The van der Waals surface area contributed by atoms with Gasteiger partial charge in [0, 0.05) is 44.0 Å². The Hall–Kier alpha value is -1.09. The molecule has 1 saturated heterocycles. The molecule has 0 amide bonds. The van der Waals surface area contributed by atoms with E-state index >= 15 is 0 Å². The monoisotopic (exact) mass is 458 g/mol. The molecular formula is C18H31IN6. The summed E-state index contributed by atoms with van der Waals surface area (Å²) < 4.78 is 0. The van der Waals surface area contributed by atoms with E-state index in [1.54, 1.807) is 0 Å². The minimum atomic E-state index is 0. The second kappa shape index (κ2) is 10.2. The predicted molar refractivity (Wildman–Crippen MR) is 115 cm³/mol. The number of halogens is 1. The molecule has 0 aromatic carbocycles. The molecule has 7 heteroatoms. The van der Waals surface area contributed by atoms with Gasteiger partial charge in [-0.15, -0.1) is 24.0 Å². The highest BCUT2D eigenvalue weighted by Crippen LogP contribution is 2.20. The molecule has 3 N–H and O–H groups in total. The molecular weight excluding hydrogens is 427 g/mol. The number of likely N-dealkylation sites (N-methyl/N-ethyl adjacent to an activating group) is 1. The van der Waals surface area contributed by atoms with Crippen LogP contribution in [0, 0.1) is 0 Å². The van der Waals surface area contributed by atoms with Gasteiger partial charge in [-0.05, 0) is 26.0 Å². The Morgan fingerprint density at radius 3 is 2.68 bits per heavy atom. The van der Waals surface area contributed by atoms with Gasteiger partial charge in [-0.3, -0.25) is 0 Å². The SMILES string of the molecule is CN1CCN(c2ncccc2CN=C(N)NC2CCCCC2)CC1.I. The van der Waals surface area contributed by atoms with E-state index in [1.165, 1.54) is 32.1 Å². The van der Waals surface area contributed by atoms with Gasteiger partial charge in [0.05, 0.1) is 6.54 Å². The van der Waals surface area contributed by atoms with Crippen molar-refractivity contribution in [1.82, 2.24) is 15.2 Å². The number of nitrogens with one attached hydrogen (secondary N) is 1. The number of guanidine groups is 1. The summed E-state index contributed by atoms with van der Waals surface area (Å²) in [5, 5.41) is 3.38. The predicted octanol–water partition coefficient (Wildman–Crippen LogP) is 2.19. The van der Waals surface area contributed by atoms with Gasteiger partial charge < -0.3 is 20.9 Å². The molecule has 1 aromatic heterocycles. The van der Waals surface area contributed by atoms with Crippen molar-refractivity contribution in [2.75, 3.05) is 38.1 Å². The standard InChI is InChI=1S/C18H30N6.HI/c1-23-10-12-24(13-11-23)17-15(6-5-9-20-17)14-21-18(19)22-16-7-3-2-4-8-16;/h5-6,9,16H,2-4,7-8,10-14H2,1H3,(H3,19,21,22);1H. The highest BCUT2D eigenvalue weighted by atomic mass is 127. The Kier molecular flexibility index (Phi) is 8.21. The fourth-order valence-electron chi connectivity index (χ4n) is 3.53. The van der Waals surface area contributed by atoms with Gasteiger partial charge in [-0.2, -0.15) is 0 Å². The van der Waals surface area contributed by atoms with E-state index in [2.05, 4.69) is 38.2 Å². The van der Waals surface area contributed by atoms with Crippen molar-refractivity contribution < 1.29 is 0 Å². The van der Waals surface area contributed by atoms with Crippen molar-refractivity contribution in [1.29, 1.82) is 0 Å². The molecule has 6 nitrogen and oxygen atoms in total. The maximum Gasteiger partial charge on any atom is 0.189 e. The minimum absolute atomic E-state index is 0. The number of aromatic nitrogens is 1. The number of nitrogens with two attached hydrogens (primary N) is 1. The average molecular weight is 458 g/mol. The van der Waals surface area contributed by atoms with Crippen molar-refractivity contribution >= 4 is 35.8 Å². The van der Waals surface area contributed by atoms with E-state index in [0.29, 0.717) is 18.5 Å². The van der Waals surface area contributed by atoms with E-state index in [0.717, 1.165) is 37.6 Å². The molecule has 1 saturated carbocycles. The molecule has 0 atom stereocenters. The third-order valence-electron chi connectivity index (χ3n) is 5.05. The van der Waals surface area contributed by atoms with Crippen molar-refractivity contribution in [2.24, 2.45) is 10.7 Å². The molecule has 1 aliphatic carbocycles. The second-order valence-corrected chi connectivity index (χ2v) is 6.96. The Balaban J connectivity index is 0.00000225. The smallest absolute Gasteiger partial charge is 0.189 e. The Morgan fingerprint density at radius 1 is 1.24 bits per heavy atom. The summed E-state index contributed by atoms with van der Waals surface area (Å²) in [5.41, 5.74) is 7.25. The van der Waals surface area contributed by atoms with E-state index < -0.39 is 0 Å². The Labute approximate surface area is 168 Å². The molecule has 2 heterocycles. The number of hydrogen-bond acceptors (Lipinski definition) is 4. The van der Waals surface area contributed by atoms with Crippen LogP contribution in [0.3, 0.4) is 0 Å². The van der Waals surface area contributed by atoms with Crippen LogP contribution < -0.4 is 16.0 Å². The molecule has 1 aliphatic heterocycles. The number of nitrogens with zero attached hydrogens (tertiary/aromatic N) is 4. The average Bonchev–Trinajstić information content (AvgIpc) is 2.62. The second-order valence-electron chi connectivity index (χ2n) is 6.96. The number of anilines is 1. The zero-order valence-electron chi connectivity index (χ0n) is 15.2. The molecule has 0 bridgehead atoms. The molecule has 2 fully saturated rings. The third-order valence-corrected chi connectivity index (χ3v) is 5.05. The van der Waals surface area contributed by atoms with E-state index in [-0.39, 0.29) is 24.0 Å². The molecule has 25 heavy (non-hydrogen) atoms. The van der Waals surface area contributed by atoms with Gasteiger partial charge in [0.15, 0.2) is 5.96 Å². The van der Waals surface area contributed by atoms with Crippen molar-refractivity contribution in [3.8, 4) is 0 Å². The van der Waals surface area contributed by atoms with Crippen molar-refractivity contribution in [3.05, 3.63) is 23.9 Å². The Morgan fingerprint density at radius 2 is 1.96 bits per heavy atom. The third kappa shape index (κ3) is 5.99. The van der Waals surface area contributed by atoms with Crippen molar-refractivity contribution in [2.45, 2.75) is 44.7 Å². The van der Waals surface area contributed by atoms with Crippen LogP contribution in [0.2, 0.25) is 0 Å². The molecule has 140 valence electrons. The van der Waals surface area contributed by atoms with Crippen LogP contribution in [0.25, 0.3) is 0 Å². The lowest BCUT2D eigenvalue weighted by molar-refractivity contribution is 0.312. The highest BCUT2D eigenvalue weighted by molar-refractivity contribution is 14.0. The lowest BCUT2D eigenvalue weighted by Gasteiger charge is -2.34. The largest absolute Gasteiger partial charge is 0.370 e. The van der Waals surface area contributed by atoms with Gasteiger partial charge in [0.1, 0.15) is 5.82 Å². The number of pyridine rings is 1. The first-order valence-electron chi connectivity index (χ1n) is 9.16. The van der Waals surface area contributed by atoms with Crippen LogP contribution in [0.4, 0.5) is 5.82 Å². The summed E-state index contributed by atoms with van der Waals surface area (Å²) in [5.74, 6) is 1.62. The molecule has 1 aromatic rings. The van der Waals surface area contributed by atoms with Crippen LogP contribution in [0.5, 0.6) is 0 Å². The summed E-state index contributed by atoms with van der Waals surface area (Å²) in [6.07, 6.45) is 8.21. The van der Waals surface area contributed by atoms with Gasteiger partial charge >= 0.3 is 0 Å². The first kappa shape index (κ1) is 20.2.